The normalized spacial score (nSPS) is 13.2. The third-order valence-corrected chi connectivity index (χ3v) is 4.21. The molecule has 2 unspecified atom stereocenters. The standard InChI is InChI=1S/C21H27NO2/c1-5-17-9-11-18(12-10-17)16(4)22-21(23)20(6-2)24-19-13-7-15(3)8-14-19/h7-14,16,20H,5-6H2,1-4H3,(H,22,23). The zero-order valence-corrected chi connectivity index (χ0v) is 15.0. The number of rotatable bonds is 7. The maximum atomic E-state index is 12.5. The van der Waals surface area contributed by atoms with Gasteiger partial charge in [-0.15, -0.1) is 0 Å². The predicted octanol–water partition coefficient (Wildman–Crippen LogP) is 4.59. The average Bonchev–Trinajstić information content (AvgIpc) is 2.61. The van der Waals surface area contributed by atoms with Crippen molar-refractivity contribution < 1.29 is 9.53 Å². The largest absolute Gasteiger partial charge is 0.481 e. The molecule has 0 heterocycles. The molecule has 2 aromatic carbocycles. The summed E-state index contributed by atoms with van der Waals surface area (Å²) < 4.78 is 5.84. The number of benzene rings is 2. The molecule has 2 aromatic rings. The Kier molecular flexibility index (Phi) is 6.42. The number of carbonyl (C=O) groups excluding carboxylic acids is 1. The summed E-state index contributed by atoms with van der Waals surface area (Å²) in [6.07, 6.45) is 1.16. The summed E-state index contributed by atoms with van der Waals surface area (Å²) in [4.78, 5) is 12.5. The van der Waals surface area contributed by atoms with Crippen LogP contribution in [0.3, 0.4) is 0 Å². The molecular formula is C21H27NO2. The Balaban J connectivity index is 1.98. The number of hydrogen-bond donors (Lipinski definition) is 1. The fraction of sp³-hybridized carbons (Fsp3) is 0.381. The SMILES string of the molecule is CCc1ccc(C(C)NC(=O)C(CC)Oc2ccc(C)cc2)cc1. The molecule has 0 radical (unpaired) electrons. The van der Waals surface area contributed by atoms with Gasteiger partial charge in [0, 0.05) is 0 Å². The minimum absolute atomic E-state index is 0.0425. The van der Waals surface area contributed by atoms with Crippen molar-refractivity contribution in [3.05, 3.63) is 65.2 Å². The van der Waals surface area contributed by atoms with Gasteiger partial charge in [0.15, 0.2) is 6.10 Å². The first-order valence-corrected chi connectivity index (χ1v) is 8.66. The molecule has 0 aliphatic carbocycles. The molecule has 2 atom stereocenters. The lowest BCUT2D eigenvalue weighted by Crippen LogP contribution is -2.39. The Bertz CT molecular complexity index is 647. The fourth-order valence-electron chi connectivity index (χ4n) is 2.54. The highest BCUT2D eigenvalue weighted by Gasteiger charge is 2.20. The molecule has 2 rings (SSSR count). The van der Waals surface area contributed by atoms with Crippen molar-refractivity contribution in [3.63, 3.8) is 0 Å². The van der Waals surface area contributed by atoms with E-state index in [0.717, 1.165) is 17.7 Å². The van der Waals surface area contributed by atoms with Crippen molar-refractivity contribution in [1.82, 2.24) is 5.32 Å². The zero-order valence-electron chi connectivity index (χ0n) is 15.0. The van der Waals surface area contributed by atoms with E-state index in [0.29, 0.717) is 6.42 Å². The van der Waals surface area contributed by atoms with Crippen molar-refractivity contribution in [2.45, 2.75) is 52.7 Å². The molecule has 24 heavy (non-hydrogen) atoms. The molecule has 1 amide bonds. The highest BCUT2D eigenvalue weighted by molar-refractivity contribution is 5.81. The van der Waals surface area contributed by atoms with E-state index in [1.54, 1.807) is 0 Å². The Morgan fingerprint density at radius 3 is 2.21 bits per heavy atom. The van der Waals surface area contributed by atoms with E-state index in [1.807, 2.05) is 45.0 Å². The van der Waals surface area contributed by atoms with Gasteiger partial charge in [-0.1, -0.05) is 55.8 Å². The minimum Gasteiger partial charge on any atom is -0.481 e. The monoisotopic (exact) mass is 325 g/mol. The summed E-state index contributed by atoms with van der Waals surface area (Å²) in [5, 5.41) is 3.05. The summed E-state index contributed by atoms with van der Waals surface area (Å²) in [6, 6.07) is 16.1. The van der Waals surface area contributed by atoms with E-state index in [1.165, 1.54) is 11.1 Å². The Morgan fingerprint density at radius 1 is 1.04 bits per heavy atom. The molecule has 3 nitrogen and oxygen atoms in total. The minimum atomic E-state index is -0.481. The molecule has 128 valence electrons. The molecule has 1 N–H and O–H groups in total. The molecule has 3 heteroatoms. The molecule has 0 aliphatic heterocycles. The lowest BCUT2D eigenvalue weighted by atomic mass is 10.0. The van der Waals surface area contributed by atoms with Gasteiger partial charge in [0.2, 0.25) is 0 Å². The predicted molar refractivity (Wildman–Crippen MR) is 98.3 cm³/mol. The summed E-state index contributed by atoms with van der Waals surface area (Å²) in [5.41, 5.74) is 3.57. The highest BCUT2D eigenvalue weighted by atomic mass is 16.5. The maximum Gasteiger partial charge on any atom is 0.261 e. The van der Waals surface area contributed by atoms with Crippen molar-refractivity contribution in [2.75, 3.05) is 0 Å². The zero-order chi connectivity index (χ0) is 17.5. The highest BCUT2D eigenvalue weighted by Crippen LogP contribution is 2.17. The van der Waals surface area contributed by atoms with Crippen LogP contribution < -0.4 is 10.1 Å². The number of hydrogen-bond acceptors (Lipinski definition) is 2. The topological polar surface area (TPSA) is 38.3 Å². The van der Waals surface area contributed by atoms with E-state index < -0.39 is 6.10 Å². The molecule has 0 aliphatic rings. The van der Waals surface area contributed by atoms with Gasteiger partial charge in [-0.05, 0) is 49.9 Å². The third-order valence-electron chi connectivity index (χ3n) is 4.21. The van der Waals surface area contributed by atoms with Gasteiger partial charge in [0.05, 0.1) is 6.04 Å². The summed E-state index contributed by atoms with van der Waals surface area (Å²) >= 11 is 0. The Morgan fingerprint density at radius 2 is 1.67 bits per heavy atom. The number of aryl methyl sites for hydroxylation is 2. The third kappa shape index (κ3) is 4.85. The quantitative estimate of drug-likeness (QED) is 0.808. The first-order valence-electron chi connectivity index (χ1n) is 8.66. The van der Waals surface area contributed by atoms with Crippen LogP contribution in [0.1, 0.15) is 49.9 Å². The summed E-state index contributed by atoms with van der Waals surface area (Å²) in [7, 11) is 0. The second-order valence-corrected chi connectivity index (χ2v) is 6.15. The first kappa shape index (κ1) is 18.1. The average molecular weight is 325 g/mol. The van der Waals surface area contributed by atoms with Crippen LogP contribution in [-0.2, 0) is 11.2 Å². The van der Waals surface area contributed by atoms with E-state index in [9.17, 15) is 4.79 Å². The van der Waals surface area contributed by atoms with Gasteiger partial charge in [0.1, 0.15) is 5.75 Å². The van der Waals surface area contributed by atoms with Crippen LogP contribution in [0.5, 0.6) is 5.75 Å². The van der Waals surface area contributed by atoms with Crippen LogP contribution in [0.4, 0.5) is 0 Å². The smallest absolute Gasteiger partial charge is 0.261 e. The van der Waals surface area contributed by atoms with Gasteiger partial charge < -0.3 is 10.1 Å². The van der Waals surface area contributed by atoms with Gasteiger partial charge in [-0.2, -0.15) is 0 Å². The van der Waals surface area contributed by atoms with Crippen LogP contribution >= 0.6 is 0 Å². The molecule has 0 bridgehead atoms. The van der Waals surface area contributed by atoms with Crippen molar-refractivity contribution in [2.24, 2.45) is 0 Å². The van der Waals surface area contributed by atoms with Gasteiger partial charge in [-0.3, -0.25) is 4.79 Å². The van der Waals surface area contributed by atoms with Crippen molar-refractivity contribution >= 4 is 5.91 Å². The van der Waals surface area contributed by atoms with Crippen molar-refractivity contribution in [3.8, 4) is 5.75 Å². The lowest BCUT2D eigenvalue weighted by Gasteiger charge is -2.21. The number of ether oxygens (including phenoxy) is 1. The maximum absolute atomic E-state index is 12.5. The molecule has 0 aromatic heterocycles. The lowest BCUT2D eigenvalue weighted by molar-refractivity contribution is -0.128. The number of carbonyl (C=O) groups is 1. The van der Waals surface area contributed by atoms with E-state index in [2.05, 4.69) is 36.5 Å². The summed E-state index contributed by atoms with van der Waals surface area (Å²) in [5.74, 6) is 0.646. The molecule has 0 saturated carbocycles. The number of amides is 1. The first-order chi connectivity index (χ1) is 11.5. The van der Waals surface area contributed by atoms with Crippen LogP contribution in [-0.4, -0.2) is 12.0 Å². The van der Waals surface area contributed by atoms with E-state index in [-0.39, 0.29) is 11.9 Å². The fourth-order valence-corrected chi connectivity index (χ4v) is 2.54. The summed E-state index contributed by atoms with van der Waals surface area (Å²) in [6.45, 7) is 8.12. The number of nitrogens with one attached hydrogen (secondary N) is 1. The van der Waals surface area contributed by atoms with Gasteiger partial charge >= 0.3 is 0 Å². The van der Waals surface area contributed by atoms with E-state index >= 15 is 0 Å². The van der Waals surface area contributed by atoms with Crippen LogP contribution in [0, 0.1) is 6.92 Å². The second-order valence-electron chi connectivity index (χ2n) is 6.15. The molecule has 0 fully saturated rings. The molecular weight excluding hydrogens is 298 g/mol. The van der Waals surface area contributed by atoms with Crippen LogP contribution in [0.15, 0.2) is 48.5 Å². The Labute approximate surface area is 145 Å². The van der Waals surface area contributed by atoms with Crippen LogP contribution in [0.2, 0.25) is 0 Å². The van der Waals surface area contributed by atoms with Crippen LogP contribution in [0.25, 0.3) is 0 Å². The van der Waals surface area contributed by atoms with E-state index in [4.69, 9.17) is 4.74 Å². The van der Waals surface area contributed by atoms with Gasteiger partial charge in [0.25, 0.3) is 5.91 Å². The molecule has 0 saturated heterocycles. The van der Waals surface area contributed by atoms with Crippen molar-refractivity contribution in [1.29, 1.82) is 0 Å². The second kappa shape index (κ2) is 8.53. The molecule has 0 spiro atoms. The van der Waals surface area contributed by atoms with Gasteiger partial charge in [-0.25, -0.2) is 0 Å². The Hall–Kier alpha value is -2.29.